The van der Waals surface area contributed by atoms with Crippen molar-refractivity contribution in [2.45, 2.75) is 32.2 Å². The van der Waals surface area contributed by atoms with E-state index in [4.69, 9.17) is 17.0 Å². The van der Waals surface area contributed by atoms with E-state index < -0.39 is 12.0 Å². The number of ether oxygens (including phenoxy) is 1. The summed E-state index contributed by atoms with van der Waals surface area (Å²) in [6.07, 6.45) is 0.856. The Kier molecular flexibility index (Phi) is 6.28. The van der Waals surface area contributed by atoms with Crippen LogP contribution in [0, 0.1) is 5.92 Å². The lowest BCUT2D eigenvalue weighted by atomic mass is 9.94. The molecule has 2 N–H and O–H groups in total. The van der Waals surface area contributed by atoms with Crippen LogP contribution in [0.1, 0.15) is 43.4 Å². The molecule has 4 rings (SSSR count). The number of carbonyl (C=O) groups excluding carboxylic acids is 2. The summed E-state index contributed by atoms with van der Waals surface area (Å²) in [4.78, 5) is 27.3. The van der Waals surface area contributed by atoms with E-state index in [1.807, 2.05) is 61.2 Å². The molecule has 1 heterocycles. The normalized spacial score (nSPS) is 22.3. The molecule has 2 aromatic carbocycles. The highest BCUT2D eigenvalue weighted by atomic mass is 32.1. The molecule has 1 amide bonds. The predicted molar refractivity (Wildman–Crippen MR) is 128 cm³/mol. The predicted octanol–water partition coefficient (Wildman–Crippen LogP) is 4.13. The Balaban J connectivity index is 1.55. The summed E-state index contributed by atoms with van der Waals surface area (Å²) in [5.74, 6) is -0.139. The maximum absolute atomic E-state index is 12.8. The Labute approximate surface area is 193 Å². The molecule has 0 saturated heterocycles. The van der Waals surface area contributed by atoms with Crippen LogP contribution in [0.2, 0.25) is 0 Å². The van der Waals surface area contributed by atoms with Gasteiger partial charge in [0.25, 0.3) is 0 Å². The second kappa shape index (κ2) is 9.12. The number of methoxy groups -OCH3 is 1. The molecule has 1 saturated carbocycles. The van der Waals surface area contributed by atoms with Crippen molar-refractivity contribution in [1.82, 2.24) is 10.2 Å². The van der Waals surface area contributed by atoms with Gasteiger partial charge in [-0.3, -0.25) is 4.79 Å². The summed E-state index contributed by atoms with van der Waals surface area (Å²) in [6, 6.07) is 17.2. The van der Waals surface area contributed by atoms with Crippen molar-refractivity contribution in [2.75, 3.05) is 19.0 Å². The number of thiocarbonyl (C=S) groups is 1. The van der Waals surface area contributed by atoms with Crippen LogP contribution in [-0.4, -0.2) is 35.5 Å². The third-order valence-corrected chi connectivity index (χ3v) is 6.50. The lowest BCUT2D eigenvalue weighted by Gasteiger charge is -2.37. The van der Waals surface area contributed by atoms with Gasteiger partial charge in [-0.05, 0) is 61.7 Å². The van der Waals surface area contributed by atoms with Crippen LogP contribution in [0.4, 0.5) is 5.69 Å². The van der Waals surface area contributed by atoms with E-state index in [0.717, 1.165) is 17.7 Å². The molecule has 3 unspecified atom stereocenters. The van der Waals surface area contributed by atoms with E-state index in [0.29, 0.717) is 22.9 Å². The Hall–Kier alpha value is -3.19. The molecule has 1 aliphatic carbocycles. The van der Waals surface area contributed by atoms with Crippen molar-refractivity contribution < 1.29 is 14.3 Å². The largest absolute Gasteiger partial charge is 0.466 e. The molecule has 0 bridgehead atoms. The van der Waals surface area contributed by atoms with Gasteiger partial charge < -0.3 is 20.3 Å². The molecule has 6 nitrogen and oxygen atoms in total. The number of hydrogen-bond donors (Lipinski definition) is 2. The zero-order valence-corrected chi connectivity index (χ0v) is 19.2. The molecule has 32 heavy (non-hydrogen) atoms. The number of nitrogens with one attached hydrogen (secondary N) is 2. The van der Waals surface area contributed by atoms with E-state index >= 15 is 0 Å². The zero-order chi connectivity index (χ0) is 22.8. The average Bonchev–Trinajstić information content (AvgIpc) is 3.60. The fourth-order valence-corrected chi connectivity index (χ4v) is 4.75. The number of esters is 1. The molecule has 0 aromatic heterocycles. The van der Waals surface area contributed by atoms with E-state index in [9.17, 15) is 9.59 Å². The molecular formula is C25H27N3O3S. The fourth-order valence-electron chi connectivity index (χ4n) is 4.37. The van der Waals surface area contributed by atoms with Gasteiger partial charge in [0.15, 0.2) is 5.11 Å². The van der Waals surface area contributed by atoms with Crippen molar-refractivity contribution in [3.05, 3.63) is 77.0 Å². The first-order chi connectivity index (χ1) is 15.4. The first kappa shape index (κ1) is 22.0. The monoisotopic (exact) mass is 449 g/mol. The van der Waals surface area contributed by atoms with Crippen molar-refractivity contribution in [3.63, 3.8) is 0 Å². The van der Waals surface area contributed by atoms with Crippen LogP contribution < -0.4 is 10.6 Å². The van der Waals surface area contributed by atoms with Crippen LogP contribution in [0.25, 0.3) is 0 Å². The number of hydrogen-bond acceptors (Lipinski definition) is 4. The molecule has 0 spiro atoms. The van der Waals surface area contributed by atoms with E-state index in [1.165, 1.54) is 12.7 Å². The smallest absolute Gasteiger partial charge is 0.337 e. The Morgan fingerprint density at radius 2 is 1.88 bits per heavy atom. The van der Waals surface area contributed by atoms with Crippen LogP contribution in [0.5, 0.6) is 0 Å². The quantitative estimate of drug-likeness (QED) is 0.511. The van der Waals surface area contributed by atoms with Crippen LogP contribution in [0.15, 0.2) is 65.9 Å². The van der Waals surface area contributed by atoms with Crippen molar-refractivity contribution in [1.29, 1.82) is 0 Å². The minimum absolute atomic E-state index is 0.0141. The van der Waals surface area contributed by atoms with E-state index in [1.54, 1.807) is 0 Å². The van der Waals surface area contributed by atoms with Gasteiger partial charge in [-0.2, -0.15) is 0 Å². The lowest BCUT2D eigenvalue weighted by molar-refractivity contribution is -0.136. The van der Waals surface area contributed by atoms with Crippen LogP contribution in [0.3, 0.4) is 0 Å². The number of rotatable bonds is 6. The molecule has 2 aromatic rings. The third-order valence-electron chi connectivity index (χ3n) is 6.16. The van der Waals surface area contributed by atoms with E-state index in [-0.39, 0.29) is 17.7 Å². The van der Waals surface area contributed by atoms with Gasteiger partial charge in [0, 0.05) is 23.8 Å². The standard InChI is InChI=1S/C25H27N3O3S/c1-4-28-15(2)21(24(30)31-3)22(27-25(28)32)17-11-8-12-18(13-17)26-23(29)20-14-19(20)16-9-6-5-7-10-16/h5-13,19-20,22H,4,14H2,1-3H3,(H,26,29)(H,27,32). The summed E-state index contributed by atoms with van der Waals surface area (Å²) in [7, 11) is 1.37. The summed E-state index contributed by atoms with van der Waals surface area (Å²) in [5.41, 5.74) is 4.00. The highest BCUT2D eigenvalue weighted by Gasteiger charge is 2.44. The Morgan fingerprint density at radius 1 is 1.16 bits per heavy atom. The van der Waals surface area contributed by atoms with Gasteiger partial charge in [-0.25, -0.2) is 4.79 Å². The number of carbonyl (C=O) groups is 2. The maximum atomic E-state index is 12.8. The van der Waals surface area contributed by atoms with E-state index in [2.05, 4.69) is 22.8 Å². The number of benzene rings is 2. The molecule has 3 atom stereocenters. The number of nitrogens with zero attached hydrogens (tertiary/aromatic N) is 1. The SMILES string of the molecule is CCN1C(=S)NC(c2cccc(NC(=O)C3CC3c3ccccc3)c2)C(C(=O)OC)=C1C. The minimum atomic E-state index is -0.451. The van der Waals surface area contributed by atoms with Gasteiger partial charge in [0.05, 0.1) is 18.7 Å². The summed E-state index contributed by atoms with van der Waals surface area (Å²) in [5, 5.41) is 6.86. The Morgan fingerprint density at radius 3 is 2.56 bits per heavy atom. The molecule has 166 valence electrons. The van der Waals surface area contributed by atoms with Gasteiger partial charge in [-0.1, -0.05) is 42.5 Å². The van der Waals surface area contributed by atoms with Crippen molar-refractivity contribution in [3.8, 4) is 0 Å². The first-order valence-electron chi connectivity index (χ1n) is 10.8. The van der Waals surface area contributed by atoms with Crippen LogP contribution >= 0.6 is 12.2 Å². The van der Waals surface area contributed by atoms with Crippen LogP contribution in [-0.2, 0) is 14.3 Å². The second-order valence-electron chi connectivity index (χ2n) is 8.09. The maximum Gasteiger partial charge on any atom is 0.337 e. The zero-order valence-electron chi connectivity index (χ0n) is 18.4. The number of amides is 1. The number of allylic oxidation sites excluding steroid dienone is 1. The highest BCUT2D eigenvalue weighted by molar-refractivity contribution is 7.80. The topological polar surface area (TPSA) is 70.7 Å². The highest BCUT2D eigenvalue weighted by Crippen LogP contribution is 2.48. The average molecular weight is 450 g/mol. The summed E-state index contributed by atoms with van der Waals surface area (Å²) < 4.78 is 5.05. The molecule has 2 aliphatic rings. The van der Waals surface area contributed by atoms with Gasteiger partial charge >= 0.3 is 5.97 Å². The summed E-state index contributed by atoms with van der Waals surface area (Å²) in [6.45, 7) is 4.49. The van der Waals surface area contributed by atoms with Gasteiger partial charge in [0.1, 0.15) is 0 Å². The molecule has 7 heteroatoms. The van der Waals surface area contributed by atoms with Gasteiger partial charge in [-0.15, -0.1) is 0 Å². The summed E-state index contributed by atoms with van der Waals surface area (Å²) >= 11 is 5.52. The molecule has 0 radical (unpaired) electrons. The lowest BCUT2D eigenvalue weighted by Crippen LogP contribution is -2.47. The minimum Gasteiger partial charge on any atom is -0.466 e. The van der Waals surface area contributed by atoms with Crippen molar-refractivity contribution in [2.24, 2.45) is 5.92 Å². The third kappa shape index (κ3) is 4.25. The molecular weight excluding hydrogens is 422 g/mol. The van der Waals surface area contributed by atoms with Crippen molar-refractivity contribution >= 4 is 34.9 Å². The molecule has 1 fully saturated rings. The number of anilines is 1. The van der Waals surface area contributed by atoms with Gasteiger partial charge in [0.2, 0.25) is 5.91 Å². The Bertz CT molecular complexity index is 1080. The fraction of sp³-hybridized carbons (Fsp3) is 0.320. The second-order valence-corrected chi connectivity index (χ2v) is 8.48. The first-order valence-corrected chi connectivity index (χ1v) is 11.2. The molecule has 1 aliphatic heterocycles.